The first kappa shape index (κ1) is 14.4. The van der Waals surface area contributed by atoms with Crippen LogP contribution in [0.5, 0.6) is 5.75 Å². The van der Waals surface area contributed by atoms with Crippen LogP contribution in [-0.2, 0) is 0 Å². The van der Waals surface area contributed by atoms with Gasteiger partial charge in [-0.2, -0.15) is 0 Å². The van der Waals surface area contributed by atoms with E-state index in [1.54, 1.807) is 0 Å². The minimum atomic E-state index is -0.0204. The zero-order chi connectivity index (χ0) is 14.3. The molecular formula is C17H24BrNO. The molecule has 3 unspecified atom stereocenters. The van der Waals surface area contributed by atoms with Crippen LogP contribution in [0.2, 0.25) is 0 Å². The van der Waals surface area contributed by atoms with E-state index >= 15 is 0 Å². The Morgan fingerprint density at radius 3 is 2.90 bits per heavy atom. The normalized spacial score (nSPS) is 33.0. The number of halogens is 1. The summed E-state index contributed by atoms with van der Waals surface area (Å²) < 4.78 is 7.54. The summed E-state index contributed by atoms with van der Waals surface area (Å²) in [5, 5.41) is 0. The summed E-state index contributed by atoms with van der Waals surface area (Å²) in [7, 11) is 0. The van der Waals surface area contributed by atoms with Gasteiger partial charge in [-0.15, -0.1) is 0 Å². The lowest BCUT2D eigenvalue weighted by Crippen LogP contribution is -2.47. The molecular weight excluding hydrogens is 314 g/mol. The smallest absolute Gasteiger partial charge is 0.124 e. The number of benzene rings is 1. The van der Waals surface area contributed by atoms with Crippen molar-refractivity contribution < 1.29 is 4.74 Å². The van der Waals surface area contributed by atoms with Crippen molar-refractivity contribution in [2.75, 3.05) is 0 Å². The third-order valence-corrected chi connectivity index (χ3v) is 5.57. The molecule has 2 nitrogen and oxygen atoms in total. The number of rotatable bonds is 1. The van der Waals surface area contributed by atoms with Crippen LogP contribution >= 0.6 is 15.9 Å². The van der Waals surface area contributed by atoms with Crippen LogP contribution in [0.25, 0.3) is 0 Å². The quantitative estimate of drug-likeness (QED) is 0.797. The van der Waals surface area contributed by atoms with Gasteiger partial charge in [0.1, 0.15) is 11.4 Å². The Morgan fingerprint density at radius 1 is 1.35 bits per heavy atom. The van der Waals surface area contributed by atoms with Gasteiger partial charge >= 0.3 is 0 Å². The van der Waals surface area contributed by atoms with E-state index in [0.29, 0.717) is 0 Å². The van der Waals surface area contributed by atoms with Crippen LogP contribution in [0, 0.1) is 11.8 Å². The van der Waals surface area contributed by atoms with Crippen LogP contribution in [0.15, 0.2) is 22.7 Å². The van der Waals surface area contributed by atoms with E-state index < -0.39 is 0 Å². The molecule has 1 heterocycles. The van der Waals surface area contributed by atoms with E-state index in [4.69, 9.17) is 10.5 Å². The van der Waals surface area contributed by atoms with E-state index in [-0.39, 0.29) is 11.6 Å². The predicted molar refractivity (Wildman–Crippen MR) is 85.8 cm³/mol. The second kappa shape index (κ2) is 5.34. The summed E-state index contributed by atoms with van der Waals surface area (Å²) in [5.74, 6) is 2.50. The first-order valence-corrected chi connectivity index (χ1v) is 8.52. The maximum atomic E-state index is 6.47. The molecule has 1 fully saturated rings. The van der Waals surface area contributed by atoms with Crippen molar-refractivity contribution >= 4 is 15.9 Å². The van der Waals surface area contributed by atoms with Crippen LogP contribution in [-0.4, -0.2) is 5.60 Å². The predicted octanol–water partition coefficient (Wildman–Crippen LogP) is 4.82. The zero-order valence-corrected chi connectivity index (χ0v) is 13.9. The van der Waals surface area contributed by atoms with E-state index in [1.165, 1.54) is 12.8 Å². The minimum absolute atomic E-state index is 0.0204. The molecule has 20 heavy (non-hydrogen) atoms. The third kappa shape index (κ3) is 2.62. The molecule has 0 bridgehead atoms. The Morgan fingerprint density at radius 2 is 2.15 bits per heavy atom. The van der Waals surface area contributed by atoms with Gasteiger partial charge in [0.05, 0.1) is 0 Å². The summed E-state index contributed by atoms with van der Waals surface area (Å²) in [6, 6.07) is 6.32. The average Bonchev–Trinajstić information content (AvgIpc) is 2.40. The Hall–Kier alpha value is -0.540. The standard InChI is InChI=1S/C17H24BrNO/c1-11(2)12-4-3-7-17(9-12)10-15(19)14-8-13(18)5-6-16(14)20-17/h5-6,8,11-12,15H,3-4,7,9-10,19H2,1-2H3. The summed E-state index contributed by atoms with van der Waals surface area (Å²) in [6.07, 6.45) is 5.87. The minimum Gasteiger partial charge on any atom is -0.487 e. The molecule has 110 valence electrons. The lowest BCUT2D eigenvalue weighted by atomic mass is 9.70. The SMILES string of the molecule is CC(C)C1CCCC2(CC(N)c3cc(Br)ccc3O2)C1. The number of hydrogen-bond donors (Lipinski definition) is 1. The first-order valence-electron chi connectivity index (χ1n) is 7.73. The molecule has 0 radical (unpaired) electrons. The fourth-order valence-electron chi connectivity index (χ4n) is 3.90. The van der Waals surface area contributed by atoms with Crippen molar-refractivity contribution in [2.24, 2.45) is 17.6 Å². The van der Waals surface area contributed by atoms with E-state index in [0.717, 1.165) is 46.9 Å². The summed E-state index contributed by atoms with van der Waals surface area (Å²) >= 11 is 3.52. The summed E-state index contributed by atoms with van der Waals surface area (Å²) in [4.78, 5) is 0. The Bertz CT molecular complexity index is 502. The van der Waals surface area contributed by atoms with Crippen molar-refractivity contribution in [3.63, 3.8) is 0 Å². The van der Waals surface area contributed by atoms with Gasteiger partial charge < -0.3 is 10.5 Å². The van der Waals surface area contributed by atoms with Crippen LogP contribution in [0.3, 0.4) is 0 Å². The van der Waals surface area contributed by atoms with Crippen molar-refractivity contribution in [3.8, 4) is 5.75 Å². The van der Waals surface area contributed by atoms with E-state index in [2.05, 4.69) is 41.9 Å². The fourth-order valence-corrected chi connectivity index (χ4v) is 4.28. The highest BCUT2D eigenvalue weighted by molar-refractivity contribution is 9.10. The fraction of sp³-hybridized carbons (Fsp3) is 0.647. The van der Waals surface area contributed by atoms with Gasteiger partial charge in [0, 0.05) is 22.5 Å². The largest absolute Gasteiger partial charge is 0.487 e. The van der Waals surface area contributed by atoms with Crippen LogP contribution in [0.1, 0.15) is 57.6 Å². The van der Waals surface area contributed by atoms with Crippen LogP contribution < -0.4 is 10.5 Å². The van der Waals surface area contributed by atoms with Gasteiger partial charge in [0.15, 0.2) is 0 Å². The number of hydrogen-bond acceptors (Lipinski definition) is 2. The second-order valence-electron chi connectivity index (χ2n) is 6.88. The molecule has 2 N–H and O–H groups in total. The molecule has 0 amide bonds. The van der Waals surface area contributed by atoms with Gasteiger partial charge in [0.2, 0.25) is 0 Å². The lowest BCUT2D eigenvalue weighted by Gasteiger charge is -2.47. The highest BCUT2D eigenvalue weighted by atomic mass is 79.9. The molecule has 2 aliphatic rings. The van der Waals surface area contributed by atoms with Crippen LogP contribution in [0.4, 0.5) is 0 Å². The molecule has 3 atom stereocenters. The Balaban J connectivity index is 1.88. The summed E-state index contributed by atoms with van der Waals surface area (Å²) in [6.45, 7) is 4.66. The molecule has 0 aromatic heterocycles. The van der Waals surface area contributed by atoms with Crippen molar-refractivity contribution in [1.82, 2.24) is 0 Å². The van der Waals surface area contributed by atoms with Crippen molar-refractivity contribution in [2.45, 2.75) is 57.6 Å². The van der Waals surface area contributed by atoms with Gasteiger partial charge in [-0.3, -0.25) is 0 Å². The number of ether oxygens (including phenoxy) is 1. The average molecular weight is 338 g/mol. The topological polar surface area (TPSA) is 35.2 Å². The molecule has 1 saturated carbocycles. The third-order valence-electron chi connectivity index (χ3n) is 5.07. The number of fused-ring (bicyclic) bond motifs is 1. The Labute approximate surface area is 130 Å². The second-order valence-corrected chi connectivity index (χ2v) is 7.79. The molecule has 1 aliphatic carbocycles. The molecule has 1 aromatic carbocycles. The Kier molecular flexibility index (Phi) is 3.85. The lowest BCUT2D eigenvalue weighted by molar-refractivity contribution is -0.0249. The zero-order valence-electron chi connectivity index (χ0n) is 12.4. The van der Waals surface area contributed by atoms with Gasteiger partial charge in [-0.25, -0.2) is 0 Å². The molecule has 1 aromatic rings. The first-order chi connectivity index (χ1) is 9.49. The van der Waals surface area contributed by atoms with Gasteiger partial charge in [0.25, 0.3) is 0 Å². The maximum Gasteiger partial charge on any atom is 0.124 e. The van der Waals surface area contributed by atoms with E-state index in [1.807, 2.05) is 6.07 Å². The molecule has 3 rings (SSSR count). The van der Waals surface area contributed by atoms with Gasteiger partial charge in [-0.05, 0) is 55.7 Å². The maximum absolute atomic E-state index is 6.47. The molecule has 0 saturated heterocycles. The highest BCUT2D eigenvalue weighted by Crippen LogP contribution is 2.48. The highest BCUT2D eigenvalue weighted by Gasteiger charge is 2.43. The van der Waals surface area contributed by atoms with E-state index in [9.17, 15) is 0 Å². The molecule has 1 spiro atoms. The number of nitrogens with two attached hydrogens (primary N) is 1. The molecule has 3 heteroatoms. The van der Waals surface area contributed by atoms with Crippen molar-refractivity contribution in [3.05, 3.63) is 28.2 Å². The molecule has 1 aliphatic heterocycles. The summed E-state index contributed by atoms with van der Waals surface area (Å²) in [5.41, 5.74) is 7.57. The monoisotopic (exact) mass is 337 g/mol. The van der Waals surface area contributed by atoms with Crippen molar-refractivity contribution in [1.29, 1.82) is 0 Å². The van der Waals surface area contributed by atoms with Gasteiger partial charge in [-0.1, -0.05) is 29.8 Å².